The summed E-state index contributed by atoms with van der Waals surface area (Å²) in [6.45, 7) is -0.244. The SMILES string of the molecule is NC1CC(=O)NCNC(=O)CC([C-]=O)NCC1=O.[SH-].[Y]. The summed E-state index contributed by atoms with van der Waals surface area (Å²) in [5.41, 5.74) is 5.53. The number of carbonyl (C=O) groups is 3. The van der Waals surface area contributed by atoms with E-state index in [1.54, 1.807) is 6.29 Å². The molecular weight excluding hydrogens is 361 g/mol. The van der Waals surface area contributed by atoms with E-state index in [4.69, 9.17) is 5.73 Å². The van der Waals surface area contributed by atoms with Crippen molar-refractivity contribution in [1.29, 1.82) is 0 Å². The summed E-state index contributed by atoms with van der Waals surface area (Å²) in [4.78, 5) is 44.7. The number of hydrogen-bond acceptors (Lipinski definition) is 7. The molecule has 5 N–H and O–H groups in total. The molecule has 0 aromatic carbocycles. The first kappa shape index (κ1) is 21.9. The fourth-order valence-electron chi connectivity index (χ4n) is 1.40. The molecule has 0 bridgehead atoms. The van der Waals surface area contributed by atoms with Crippen molar-refractivity contribution in [3.63, 3.8) is 0 Å². The van der Waals surface area contributed by atoms with Crippen molar-refractivity contribution in [1.82, 2.24) is 16.0 Å². The van der Waals surface area contributed by atoms with E-state index in [9.17, 15) is 19.2 Å². The van der Waals surface area contributed by atoms with Crippen LogP contribution >= 0.6 is 0 Å². The number of nitrogens with one attached hydrogen (secondary N) is 3. The number of rotatable bonds is 1. The molecular formula is C10H16N4O4SY-2. The Labute approximate surface area is 148 Å². The standard InChI is InChI=1S/C10H15N4O4.H2S.Y/c11-7-2-10(18)14-5-13-9(17)1-6(4-15)12-3-8(7)16;;/h6-7,12H,1-3,5,11H2,(H,13,17)(H,14,18);1H2;/q-1;;/p-1. The number of thiol groups is 1. The summed E-state index contributed by atoms with van der Waals surface area (Å²) in [6.07, 6.45) is 1.32. The predicted octanol–water partition coefficient (Wildman–Crippen LogP) is -3.34. The van der Waals surface area contributed by atoms with Gasteiger partial charge in [0.15, 0.2) is 5.78 Å². The van der Waals surface area contributed by atoms with Crippen molar-refractivity contribution in [3.05, 3.63) is 0 Å². The van der Waals surface area contributed by atoms with Crippen LogP contribution in [0, 0.1) is 0 Å². The van der Waals surface area contributed by atoms with Gasteiger partial charge in [0.1, 0.15) is 0 Å². The summed E-state index contributed by atoms with van der Waals surface area (Å²) in [7, 11) is 0. The summed E-state index contributed by atoms with van der Waals surface area (Å²) in [5, 5.41) is 7.37. The third-order valence-electron chi connectivity index (χ3n) is 2.44. The molecule has 1 aliphatic heterocycles. The first-order chi connectivity index (χ1) is 8.52. The van der Waals surface area contributed by atoms with Gasteiger partial charge in [-0.3, -0.25) is 14.4 Å². The van der Waals surface area contributed by atoms with Crippen molar-refractivity contribution in [2.24, 2.45) is 5.73 Å². The van der Waals surface area contributed by atoms with Crippen molar-refractivity contribution in [2.75, 3.05) is 13.2 Å². The minimum atomic E-state index is -0.931. The van der Waals surface area contributed by atoms with Gasteiger partial charge < -0.3 is 40.0 Å². The smallest absolute Gasteiger partial charge is 0.223 e. The van der Waals surface area contributed by atoms with E-state index in [0.717, 1.165) is 0 Å². The molecule has 0 aromatic rings. The Bertz CT molecular complexity index is 369. The van der Waals surface area contributed by atoms with Gasteiger partial charge in [0.2, 0.25) is 11.8 Å². The Balaban J connectivity index is 0. The van der Waals surface area contributed by atoms with E-state index in [1.807, 2.05) is 0 Å². The maximum absolute atomic E-state index is 11.5. The summed E-state index contributed by atoms with van der Waals surface area (Å²) < 4.78 is 0. The maximum Gasteiger partial charge on any atom is 0.223 e. The predicted molar refractivity (Wildman–Crippen MR) is 69.6 cm³/mol. The van der Waals surface area contributed by atoms with Gasteiger partial charge in [0.05, 0.1) is 19.3 Å². The van der Waals surface area contributed by atoms with Crippen LogP contribution in [-0.4, -0.2) is 49.2 Å². The second-order valence-electron chi connectivity index (χ2n) is 3.91. The Kier molecular flexibility index (Phi) is 12.4. The van der Waals surface area contributed by atoms with Crippen molar-refractivity contribution >= 4 is 37.4 Å². The fourth-order valence-corrected chi connectivity index (χ4v) is 1.40. The second-order valence-corrected chi connectivity index (χ2v) is 3.91. The zero-order chi connectivity index (χ0) is 13.5. The van der Waals surface area contributed by atoms with Crippen molar-refractivity contribution in [2.45, 2.75) is 24.9 Å². The zero-order valence-electron chi connectivity index (χ0n) is 10.7. The third-order valence-corrected chi connectivity index (χ3v) is 2.44. The maximum atomic E-state index is 11.5. The molecule has 20 heavy (non-hydrogen) atoms. The number of nitrogens with two attached hydrogens (primary N) is 1. The molecule has 1 rings (SSSR count). The number of amides is 2. The molecule has 0 spiro atoms. The Morgan fingerprint density at radius 3 is 2.20 bits per heavy atom. The molecule has 2 unspecified atom stereocenters. The van der Waals surface area contributed by atoms with E-state index in [1.165, 1.54) is 0 Å². The quantitative estimate of drug-likeness (QED) is 0.214. The molecule has 1 heterocycles. The molecule has 0 aliphatic carbocycles. The van der Waals surface area contributed by atoms with Crippen LogP contribution in [0.15, 0.2) is 0 Å². The molecule has 0 saturated carbocycles. The van der Waals surface area contributed by atoms with Crippen molar-refractivity contribution in [3.8, 4) is 0 Å². The molecule has 1 aliphatic rings. The van der Waals surface area contributed by atoms with Gasteiger partial charge in [-0.2, -0.15) is 0 Å². The average molecular weight is 377 g/mol. The van der Waals surface area contributed by atoms with E-state index in [2.05, 4.69) is 16.0 Å². The number of Topliss-reactive ketones (excluding diaryl/α,β-unsaturated/α-hetero) is 1. The third kappa shape index (κ3) is 8.06. The van der Waals surface area contributed by atoms with Gasteiger partial charge in [0, 0.05) is 45.6 Å². The van der Waals surface area contributed by atoms with Gasteiger partial charge in [-0.15, -0.1) is 0 Å². The Morgan fingerprint density at radius 2 is 1.65 bits per heavy atom. The van der Waals surface area contributed by atoms with Gasteiger partial charge >= 0.3 is 0 Å². The average Bonchev–Trinajstić information content (AvgIpc) is 2.32. The van der Waals surface area contributed by atoms with E-state index in [0.29, 0.717) is 0 Å². The van der Waals surface area contributed by atoms with Crippen LogP contribution in [0.1, 0.15) is 12.8 Å². The minimum absolute atomic E-state index is 0. The summed E-state index contributed by atoms with van der Waals surface area (Å²) >= 11 is 0. The largest absolute Gasteiger partial charge is 0.813 e. The van der Waals surface area contributed by atoms with Crippen LogP contribution in [0.2, 0.25) is 0 Å². The normalized spacial score (nSPS) is 24.8. The fraction of sp³-hybridized carbons (Fsp3) is 0.600. The molecule has 2 atom stereocenters. The van der Waals surface area contributed by atoms with E-state index >= 15 is 0 Å². The Hall–Kier alpha value is -0.346. The molecule has 0 aromatic heterocycles. The molecule has 1 saturated heterocycles. The molecule has 8 nitrogen and oxygen atoms in total. The number of carbonyl (C=O) groups excluding carboxylic acids is 4. The Morgan fingerprint density at radius 1 is 1.10 bits per heavy atom. The van der Waals surface area contributed by atoms with Crippen LogP contribution in [-0.2, 0) is 65.4 Å². The van der Waals surface area contributed by atoms with Crippen LogP contribution < -0.4 is 21.7 Å². The van der Waals surface area contributed by atoms with Crippen LogP contribution in [0.25, 0.3) is 0 Å². The first-order valence-electron chi connectivity index (χ1n) is 5.45. The molecule has 1 fully saturated rings. The first-order valence-corrected chi connectivity index (χ1v) is 5.45. The van der Waals surface area contributed by atoms with Crippen molar-refractivity contribution < 1.29 is 51.9 Å². The van der Waals surface area contributed by atoms with Crippen LogP contribution in [0.5, 0.6) is 0 Å². The van der Waals surface area contributed by atoms with Gasteiger partial charge in [-0.25, -0.2) is 6.29 Å². The van der Waals surface area contributed by atoms with Gasteiger partial charge in [0.25, 0.3) is 0 Å². The number of ketones is 1. The molecule has 1 radical (unpaired) electrons. The minimum Gasteiger partial charge on any atom is -0.813 e. The molecule has 111 valence electrons. The van der Waals surface area contributed by atoms with Gasteiger partial charge in [-0.05, 0) is 0 Å². The van der Waals surface area contributed by atoms with E-state index in [-0.39, 0.29) is 72.3 Å². The monoisotopic (exact) mass is 377 g/mol. The summed E-state index contributed by atoms with van der Waals surface area (Å²) in [6, 6.07) is -1.80. The van der Waals surface area contributed by atoms with Crippen LogP contribution in [0.4, 0.5) is 0 Å². The summed E-state index contributed by atoms with van der Waals surface area (Å²) in [5.74, 6) is -1.24. The molecule has 2 amide bonds. The van der Waals surface area contributed by atoms with Gasteiger partial charge in [-0.1, -0.05) is 6.04 Å². The zero-order valence-corrected chi connectivity index (χ0v) is 14.5. The topological polar surface area (TPSA) is 130 Å². The van der Waals surface area contributed by atoms with Crippen LogP contribution in [0.3, 0.4) is 0 Å². The van der Waals surface area contributed by atoms with E-state index < -0.39 is 29.7 Å². The number of hydrogen-bond donors (Lipinski definition) is 4. The molecule has 10 heteroatoms. The second kappa shape index (κ2) is 11.3.